The van der Waals surface area contributed by atoms with Crippen molar-refractivity contribution in [1.82, 2.24) is 0 Å². The molecule has 3 aromatic rings. The van der Waals surface area contributed by atoms with Gasteiger partial charge >= 0.3 is 35.8 Å². The maximum atomic E-state index is 13.2. The van der Waals surface area contributed by atoms with Gasteiger partial charge in [-0.3, -0.25) is 24.0 Å². The van der Waals surface area contributed by atoms with Crippen molar-refractivity contribution in [3.05, 3.63) is 97.6 Å². The molecule has 2 aliphatic carbocycles. The number of ether oxygens (including phenoxy) is 8. The van der Waals surface area contributed by atoms with E-state index in [0.717, 1.165) is 77.0 Å². The van der Waals surface area contributed by atoms with Gasteiger partial charge in [-0.1, -0.05) is 64.5 Å². The van der Waals surface area contributed by atoms with Gasteiger partial charge in [0.2, 0.25) is 0 Å². The van der Waals surface area contributed by atoms with E-state index in [1.165, 1.54) is 30.4 Å². The van der Waals surface area contributed by atoms with Crippen LogP contribution in [0.2, 0.25) is 0 Å². The molecule has 0 heterocycles. The van der Waals surface area contributed by atoms with Gasteiger partial charge in [-0.25, -0.2) is 9.59 Å². The second-order valence-electron chi connectivity index (χ2n) is 18.2. The Hall–Kier alpha value is -6.77. The van der Waals surface area contributed by atoms with Crippen molar-refractivity contribution < 1.29 is 71.5 Å². The van der Waals surface area contributed by atoms with Gasteiger partial charge < -0.3 is 37.9 Å². The van der Waals surface area contributed by atoms with Crippen molar-refractivity contribution in [2.75, 3.05) is 26.4 Å². The summed E-state index contributed by atoms with van der Waals surface area (Å²) in [6.45, 7) is 8.75. The number of carbonyl (C=O) groups excluding carboxylic acids is 7. The molecule has 2 fully saturated rings. The zero-order valence-corrected chi connectivity index (χ0v) is 41.4. The lowest BCUT2D eigenvalue weighted by Gasteiger charge is -2.26. The molecular formula is C57H70O15. The van der Waals surface area contributed by atoms with Gasteiger partial charge in [0.15, 0.2) is 6.29 Å². The lowest BCUT2D eigenvalue weighted by molar-refractivity contribution is -0.145. The van der Waals surface area contributed by atoms with Gasteiger partial charge in [0.25, 0.3) is 0 Å². The first-order valence-corrected chi connectivity index (χ1v) is 25.5. The molecule has 0 unspecified atom stereocenters. The number of rotatable bonds is 31. The third-order valence-corrected chi connectivity index (χ3v) is 12.8. The van der Waals surface area contributed by atoms with E-state index < -0.39 is 23.8 Å². The van der Waals surface area contributed by atoms with Gasteiger partial charge in [0.05, 0.1) is 55.7 Å². The fourth-order valence-corrected chi connectivity index (χ4v) is 8.57. The number of aldehydes is 1. The van der Waals surface area contributed by atoms with Crippen LogP contribution in [0.4, 0.5) is 0 Å². The third kappa shape index (κ3) is 20.2. The molecule has 0 bridgehead atoms. The highest BCUT2D eigenvalue weighted by Crippen LogP contribution is 2.35. The number of unbranched alkanes of at least 4 members (excludes halogenated alkanes) is 10. The Labute approximate surface area is 422 Å². The number of esters is 6. The first-order chi connectivity index (χ1) is 35.0. The summed E-state index contributed by atoms with van der Waals surface area (Å²) in [5.41, 5.74) is 0.0488. The van der Waals surface area contributed by atoms with Crippen LogP contribution < -0.4 is 28.4 Å². The normalized spacial score (nSPS) is 17.3. The molecular weight excluding hydrogens is 925 g/mol. The second-order valence-corrected chi connectivity index (χ2v) is 18.2. The summed E-state index contributed by atoms with van der Waals surface area (Å²) < 4.78 is 44.2. The molecule has 0 saturated heterocycles. The van der Waals surface area contributed by atoms with Crippen LogP contribution in [0.5, 0.6) is 34.5 Å². The first-order valence-electron chi connectivity index (χ1n) is 25.5. The molecule has 0 aliphatic heterocycles. The third-order valence-electron chi connectivity index (χ3n) is 12.8. The topological polar surface area (TPSA) is 193 Å². The van der Waals surface area contributed by atoms with Crippen LogP contribution in [-0.2, 0) is 38.2 Å². The monoisotopic (exact) mass is 994 g/mol. The number of carbonyl (C=O) groups is 7. The van der Waals surface area contributed by atoms with Crippen molar-refractivity contribution in [1.29, 1.82) is 0 Å². The van der Waals surface area contributed by atoms with E-state index >= 15 is 0 Å². The van der Waals surface area contributed by atoms with E-state index in [0.29, 0.717) is 107 Å². The lowest BCUT2D eigenvalue weighted by atomic mass is 9.82. The Morgan fingerprint density at radius 1 is 0.403 bits per heavy atom. The number of hydrogen-bond acceptors (Lipinski definition) is 15. The molecule has 2 aliphatic rings. The summed E-state index contributed by atoms with van der Waals surface area (Å²) in [7, 11) is 0. The second kappa shape index (κ2) is 31.5. The van der Waals surface area contributed by atoms with Crippen LogP contribution in [0.25, 0.3) is 0 Å². The summed E-state index contributed by atoms with van der Waals surface area (Å²) in [6, 6.07) is 18.1. The molecule has 0 radical (unpaired) electrons. The Morgan fingerprint density at radius 3 is 1.07 bits per heavy atom. The molecule has 0 amide bonds. The SMILES string of the molecule is C=CC(=O)OCCCCCCCCOc1ccc(OC(=O)[C@H]2CC[C@@H](C(=O)Oc3ccc(OC(=O)[C@H]4CC[C@@H](C(=O)Oc5ccc(OCCCCCCCCOC(=O)C=C)cc5)CC4)c(C=O)c3)CC2)cc1. The molecule has 0 spiro atoms. The predicted octanol–water partition coefficient (Wildman–Crippen LogP) is 11.0. The van der Waals surface area contributed by atoms with Gasteiger partial charge in [-0.2, -0.15) is 0 Å². The average Bonchev–Trinajstić information content (AvgIpc) is 3.40. The van der Waals surface area contributed by atoms with Crippen molar-refractivity contribution in [2.24, 2.45) is 23.7 Å². The summed E-state index contributed by atoms with van der Waals surface area (Å²) in [5, 5.41) is 0. The molecule has 15 nitrogen and oxygen atoms in total. The fourth-order valence-electron chi connectivity index (χ4n) is 8.57. The summed E-state index contributed by atoms with van der Waals surface area (Å²) in [4.78, 5) is 86.5. The molecule has 0 aromatic heterocycles. The lowest BCUT2D eigenvalue weighted by Crippen LogP contribution is -2.30. The Kier molecular flexibility index (Phi) is 24.6. The van der Waals surface area contributed by atoms with E-state index in [9.17, 15) is 33.6 Å². The zero-order valence-electron chi connectivity index (χ0n) is 41.4. The van der Waals surface area contributed by atoms with Crippen molar-refractivity contribution in [3.8, 4) is 34.5 Å². The Morgan fingerprint density at radius 2 is 0.708 bits per heavy atom. The number of benzene rings is 3. The maximum absolute atomic E-state index is 13.2. The number of hydrogen-bond donors (Lipinski definition) is 0. The highest BCUT2D eigenvalue weighted by Gasteiger charge is 2.34. The summed E-state index contributed by atoms with van der Waals surface area (Å²) in [5.74, 6) is -1.76. The van der Waals surface area contributed by atoms with Crippen LogP contribution in [0, 0.1) is 23.7 Å². The van der Waals surface area contributed by atoms with Crippen LogP contribution in [0.3, 0.4) is 0 Å². The molecule has 2 saturated carbocycles. The zero-order chi connectivity index (χ0) is 51.3. The molecule has 15 heteroatoms. The van der Waals surface area contributed by atoms with Crippen molar-refractivity contribution in [2.45, 2.75) is 128 Å². The Balaban J connectivity index is 0.924. The van der Waals surface area contributed by atoms with Gasteiger partial charge in [-0.05, 0) is 144 Å². The fraction of sp³-hybridized carbons (Fsp3) is 0.491. The van der Waals surface area contributed by atoms with E-state index in [4.69, 9.17) is 37.9 Å². The van der Waals surface area contributed by atoms with E-state index in [-0.39, 0.29) is 52.8 Å². The minimum atomic E-state index is -0.510. The van der Waals surface area contributed by atoms with Gasteiger partial charge in [0, 0.05) is 12.2 Å². The summed E-state index contributed by atoms with van der Waals surface area (Å²) >= 11 is 0. The van der Waals surface area contributed by atoms with Crippen LogP contribution >= 0.6 is 0 Å². The minimum absolute atomic E-state index is 0.0453. The maximum Gasteiger partial charge on any atom is 0.330 e. The molecule has 0 atom stereocenters. The van der Waals surface area contributed by atoms with E-state index in [1.807, 2.05) is 0 Å². The standard InChI is InChI=1S/C57H70O15/c1-3-52(59)67-37-15-11-7-5-9-13-35-65-46-25-29-48(30-26-46)69-54(61)41-17-19-43(20-18-41)56(63)71-50-33-34-51(45(39-50)40-58)72-57(64)44-23-21-42(22-24-44)55(62)70-49-31-27-47(28-32-49)66-36-14-10-6-8-12-16-38-68-53(60)4-2/h3-4,25-34,39-44H,1-2,5-24,35-38H2/t41-,42-,43+,44+. The first kappa shape index (κ1) is 56.1. The van der Waals surface area contributed by atoms with E-state index in [1.54, 1.807) is 48.5 Å². The molecule has 72 heavy (non-hydrogen) atoms. The predicted molar refractivity (Wildman–Crippen MR) is 267 cm³/mol. The van der Waals surface area contributed by atoms with Crippen LogP contribution in [-0.4, -0.2) is 68.5 Å². The average molecular weight is 995 g/mol. The molecule has 0 N–H and O–H groups in total. The van der Waals surface area contributed by atoms with Crippen LogP contribution in [0.15, 0.2) is 92.0 Å². The van der Waals surface area contributed by atoms with Gasteiger partial charge in [0.1, 0.15) is 34.5 Å². The minimum Gasteiger partial charge on any atom is -0.494 e. The van der Waals surface area contributed by atoms with Crippen LogP contribution in [0.1, 0.15) is 139 Å². The largest absolute Gasteiger partial charge is 0.494 e. The molecule has 388 valence electrons. The quantitative estimate of drug-likeness (QED) is 0.0194. The van der Waals surface area contributed by atoms with Crippen molar-refractivity contribution >= 4 is 42.1 Å². The van der Waals surface area contributed by atoms with Gasteiger partial charge in [-0.15, -0.1) is 0 Å². The highest BCUT2D eigenvalue weighted by atomic mass is 16.6. The van der Waals surface area contributed by atoms with E-state index in [2.05, 4.69) is 13.2 Å². The van der Waals surface area contributed by atoms with Crippen molar-refractivity contribution in [3.63, 3.8) is 0 Å². The highest BCUT2D eigenvalue weighted by molar-refractivity contribution is 5.85. The summed E-state index contributed by atoms with van der Waals surface area (Å²) in [6.07, 6.45) is 18.2. The Bertz CT molecular complexity index is 2220. The molecule has 3 aromatic carbocycles. The smallest absolute Gasteiger partial charge is 0.330 e. The molecule has 5 rings (SSSR count).